The molecule has 21 heavy (non-hydrogen) atoms. The van der Waals surface area contributed by atoms with Crippen LogP contribution in [0, 0.1) is 11.3 Å². The van der Waals surface area contributed by atoms with Gasteiger partial charge in [0.05, 0.1) is 6.42 Å². The van der Waals surface area contributed by atoms with Crippen molar-refractivity contribution in [3.63, 3.8) is 0 Å². The topological polar surface area (TPSA) is 156 Å². The number of nitriles is 1. The molecule has 0 aromatic heterocycles. The van der Waals surface area contributed by atoms with Crippen molar-refractivity contribution < 1.29 is 34.8 Å². The van der Waals surface area contributed by atoms with E-state index in [1.807, 2.05) is 0 Å². The molecule has 8 nitrogen and oxygen atoms in total. The highest BCUT2D eigenvalue weighted by Gasteiger charge is 2.62. The molecule has 4 N–H and O–H groups in total. The summed E-state index contributed by atoms with van der Waals surface area (Å²) in [7, 11) is 0. The van der Waals surface area contributed by atoms with Crippen LogP contribution in [-0.2, 0) is 9.59 Å². The lowest BCUT2D eigenvalue weighted by Gasteiger charge is -2.31. The van der Waals surface area contributed by atoms with Crippen molar-refractivity contribution >= 4 is 17.7 Å². The van der Waals surface area contributed by atoms with Crippen LogP contribution in [0.25, 0.3) is 0 Å². The Labute approximate surface area is 118 Å². The number of hydrogen-bond acceptors (Lipinski definition) is 6. The summed E-state index contributed by atoms with van der Waals surface area (Å²) in [5.41, 5.74) is -7.15. The van der Waals surface area contributed by atoms with E-state index in [1.54, 1.807) is 6.07 Å². The van der Waals surface area contributed by atoms with Crippen LogP contribution in [0.5, 0.6) is 0 Å². The lowest BCUT2D eigenvalue weighted by atomic mass is 9.79. The van der Waals surface area contributed by atoms with Crippen LogP contribution >= 0.6 is 0 Å². The number of carbonyl (C=O) groups is 3. The zero-order valence-electron chi connectivity index (χ0n) is 10.6. The Morgan fingerprint density at radius 3 is 1.95 bits per heavy atom. The standard InChI is InChI=1S/C13H11NO7/c14-7-13(21,11(18)19)12(20,10(16)17)6-9(15)8-4-2-1-3-5-8/h1-5,20-21H,6H2,(H,16,17)(H,18,19). The Bertz CT molecular complexity index is 621. The zero-order chi connectivity index (χ0) is 16.3. The van der Waals surface area contributed by atoms with Crippen molar-refractivity contribution in [2.45, 2.75) is 17.6 Å². The number of nitrogens with zero attached hydrogens (tertiary/aromatic N) is 1. The monoisotopic (exact) mass is 293 g/mol. The first-order valence-electron chi connectivity index (χ1n) is 5.60. The molecule has 8 heteroatoms. The molecule has 0 amide bonds. The highest BCUT2D eigenvalue weighted by Crippen LogP contribution is 2.28. The van der Waals surface area contributed by atoms with Gasteiger partial charge in [-0.1, -0.05) is 30.3 Å². The second-order valence-electron chi connectivity index (χ2n) is 4.26. The predicted octanol–water partition coefficient (Wildman–Crippen LogP) is -0.586. The number of carboxylic acids is 2. The van der Waals surface area contributed by atoms with Gasteiger partial charge < -0.3 is 20.4 Å². The molecule has 0 saturated carbocycles. The molecule has 0 saturated heterocycles. The van der Waals surface area contributed by atoms with Gasteiger partial charge in [0.2, 0.25) is 5.60 Å². The quantitative estimate of drug-likeness (QED) is 0.400. The fourth-order valence-corrected chi connectivity index (χ4v) is 1.63. The molecular formula is C13H11NO7. The number of aliphatic carboxylic acids is 2. The van der Waals surface area contributed by atoms with Crippen LogP contribution in [0.1, 0.15) is 16.8 Å². The van der Waals surface area contributed by atoms with Crippen LogP contribution in [0.3, 0.4) is 0 Å². The van der Waals surface area contributed by atoms with Gasteiger partial charge in [-0.25, -0.2) is 9.59 Å². The average molecular weight is 293 g/mol. The number of aliphatic hydroxyl groups is 2. The van der Waals surface area contributed by atoms with Crippen LogP contribution in [0.4, 0.5) is 0 Å². The molecule has 2 unspecified atom stereocenters. The van der Waals surface area contributed by atoms with Crippen molar-refractivity contribution in [3.05, 3.63) is 35.9 Å². The summed E-state index contributed by atoms with van der Waals surface area (Å²) in [6, 6.07) is 7.99. The zero-order valence-corrected chi connectivity index (χ0v) is 10.6. The van der Waals surface area contributed by atoms with Crippen LogP contribution in [0.15, 0.2) is 30.3 Å². The molecule has 0 aliphatic heterocycles. The smallest absolute Gasteiger partial charge is 0.354 e. The van der Waals surface area contributed by atoms with Gasteiger partial charge in [0.25, 0.3) is 5.60 Å². The minimum atomic E-state index is -3.66. The summed E-state index contributed by atoms with van der Waals surface area (Å²) in [6.07, 6.45) is -1.28. The van der Waals surface area contributed by atoms with E-state index in [-0.39, 0.29) is 5.56 Å². The summed E-state index contributed by atoms with van der Waals surface area (Å²) in [5.74, 6) is -5.40. The van der Waals surface area contributed by atoms with Gasteiger partial charge in [-0.15, -0.1) is 0 Å². The van der Waals surface area contributed by atoms with E-state index < -0.39 is 35.3 Å². The molecule has 0 fully saturated rings. The first kappa shape index (κ1) is 16.3. The predicted molar refractivity (Wildman–Crippen MR) is 66.2 cm³/mol. The number of carbonyl (C=O) groups excluding carboxylic acids is 1. The van der Waals surface area contributed by atoms with Gasteiger partial charge in [0.15, 0.2) is 5.78 Å². The summed E-state index contributed by atoms with van der Waals surface area (Å²) < 4.78 is 0. The van der Waals surface area contributed by atoms with Gasteiger partial charge in [-0.3, -0.25) is 4.79 Å². The van der Waals surface area contributed by atoms with Gasteiger partial charge in [-0.2, -0.15) is 5.26 Å². The third-order valence-electron chi connectivity index (χ3n) is 2.94. The van der Waals surface area contributed by atoms with Gasteiger partial charge in [0.1, 0.15) is 6.07 Å². The summed E-state index contributed by atoms with van der Waals surface area (Å²) in [4.78, 5) is 33.9. The van der Waals surface area contributed by atoms with E-state index in [1.165, 1.54) is 24.3 Å². The van der Waals surface area contributed by atoms with E-state index in [0.717, 1.165) is 6.07 Å². The number of carboxylic acid groups (broad SMARTS) is 2. The van der Waals surface area contributed by atoms with Crippen LogP contribution in [0.2, 0.25) is 0 Å². The lowest BCUT2D eigenvalue weighted by molar-refractivity contribution is -0.194. The number of benzene rings is 1. The number of hydrogen-bond donors (Lipinski definition) is 4. The molecule has 0 radical (unpaired) electrons. The minimum Gasteiger partial charge on any atom is -0.479 e. The molecule has 0 aliphatic carbocycles. The van der Waals surface area contributed by atoms with Crippen molar-refractivity contribution in [2.24, 2.45) is 0 Å². The SMILES string of the molecule is N#CC(O)(C(=O)O)C(O)(CC(=O)c1ccccc1)C(=O)O. The Hall–Kier alpha value is -2.76. The maximum Gasteiger partial charge on any atom is 0.354 e. The number of ketones is 1. The van der Waals surface area contributed by atoms with Crippen molar-refractivity contribution in [1.29, 1.82) is 5.26 Å². The highest BCUT2D eigenvalue weighted by molar-refractivity contribution is 6.03. The van der Waals surface area contributed by atoms with E-state index in [2.05, 4.69) is 0 Å². The third-order valence-corrected chi connectivity index (χ3v) is 2.94. The Kier molecular flexibility index (Phi) is 4.42. The molecule has 0 aliphatic rings. The molecule has 0 heterocycles. The Morgan fingerprint density at radius 1 is 1.05 bits per heavy atom. The largest absolute Gasteiger partial charge is 0.479 e. The van der Waals surface area contributed by atoms with Crippen molar-refractivity contribution in [3.8, 4) is 6.07 Å². The molecule has 2 atom stereocenters. The highest BCUT2D eigenvalue weighted by atomic mass is 16.5. The first-order valence-corrected chi connectivity index (χ1v) is 5.60. The van der Waals surface area contributed by atoms with Crippen molar-refractivity contribution in [1.82, 2.24) is 0 Å². The fourth-order valence-electron chi connectivity index (χ4n) is 1.63. The van der Waals surface area contributed by atoms with Crippen LogP contribution in [-0.4, -0.2) is 49.4 Å². The minimum absolute atomic E-state index is 0.00264. The normalized spacial score (nSPS) is 16.0. The first-order chi connectivity index (χ1) is 9.69. The summed E-state index contributed by atoms with van der Waals surface area (Å²) in [5, 5.41) is 46.0. The van der Waals surface area contributed by atoms with E-state index in [9.17, 15) is 24.6 Å². The van der Waals surface area contributed by atoms with Gasteiger partial charge in [-0.05, 0) is 0 Å². The van der Waals surface area contributed by atoms with E-state index in [4.69, 9.17) is 15.5 Å². The molecule has 1 aromatic carbocycles. The van der Waals surface area contributed by atoms with E-state index in [0.29, 0.717) is 0 Å². The molecule has 110 valence electrons. The number of Topliss-reactive ketones (excluding diaryl/α,β-unsaturated/α-hetero) is 1. The second kappa shape index (κ2) is 5.70. The average Bonchev–Trinajstić information content (AvgIpc) is 2.46. The number of rotatable bonds is 6. The van der Waals surface area contributed by atoms with Crippen molar-refractivity contribution in [2.75, 3.05) is 0 Å². The maximum absolute atomic E-state index is 11.9. The second-order valence-corrected chi connectivity index (χ2v) is 4.26. The Morgan fingerprint density at radius 2 is 1.57 bits per heavy atom. The van der Waals surface area contributed by atoms with Gasteiger partial charge >= 0.3 is 11.9 Å². The fraction of sp³-hybridized carbons (Fsp3) is 0.231. The van der Waals surface area contributed by atoms with E-state index >= 15 is 0 Å². The van der Waals surface area contributed by atoms with Crippen LogP contribution < -0.4 is 0 Å². The summed E-state index contributed by atoms with van der Waals surface area (Å²) in [6.45, 7) is 0. The maximum atomic E-state index is 11.9. The van der Waals surface area contributed by atoms with Gasteiger partial charge in [0, 0.05) is 5.56 Å². The molecule has 1 aromatic rings. The molecular weight excluding hydrogens is 282 g/mol. The molecule has 0 spiro atoms. The summed E-state index contributed by atoms with van der Waals surface area (Å²) >= 11 is 0. The molecule has 0 bridgehead atoms. The molecule has 1 rings (SSSR count). The third kappa shape index (κ3) is 2.74. The lowest BCUT2D eigenvalue weighted by Crippen LogP contribution is -2.63. The Balaban J connectivity index is 3.26.